The van der Waals surface area contributed by atoms with Gasteiger partial charge in [0.25, 0.3) is 17.7 Å². The van der Waals surface area contributed by atoms with Crippen LogP contribution in [-0.2, 0) is 19.2 Å². The summed E-state index contributed by atoms with van der Waals surface area (Å²) in [5.41, 5.74) is 0. The minimum absolute atomic E-state index is 0. The molecule has 0 saturated heterocycles. The number of carboxylic acid groups (broad SMARTS) is 1. The summed E-state index contributed by atoms with van der Waals surface area (Å²) in [4.78, 5) is 42.5. The van der Waals surface area contributed by atoms with E-state index in [1.807, 2.05) is 0 Å². The molecule has 188 valence electrons. The maximum atomic E-state index is 10.7. The summed E-state index contributed by atoms with van der Waals surface area (Å²) < 4.78 is 0. The SMILES string of the molecule is CCCCC=CC=CC=CCCCCCCCC(=O)O.O=C(CO)N(C(=O)CO)C(=O)CO. The Labute approximate surface area is 196 Å². The summed E-state index contributed by atoms with van der Waals surface area (Å²) in [6.07, 6.45) is 23.3. The van der Waals surface area contributed by atoms with Gasteiger partial charge >= 0.3 is 5.97 Å². The van der Waals surface area contributed by atoms with Crippen LogP contribution < -0.4 is 0 Å². The molecular formula is C24H39NO8. The Hall–Kier alpha value is -2.62. The van der Waals surface area contributed by atoms with Gasteiger partial charge in [-0.2, -0.15) is 0 Å². The minimum atomic E-state index is -1.18. The van der Waals surface area contributed by atoms with Gasteiger partial charge in [0.2, 0.25) is 0 Å². The molecule has 0 aromatic heterocycles. The summed E-state index contributed by atoms with van der Waals surface area (Å²) in [5.74, 6) is -4.22. The quantitative estimate of drug-likeness (QED) is 0.199. The Balaban J connectivity index is 0. The van der Waals surface area contributed by atoms with E-state index in [9.17, 15) is 19.2 Å². The normalized spacial score (nSPS) is 11.0. The summed E-state index contributed by atoms with van der Waals surface area (Å²) in [6, 6.07) is 0. The molecule has 0 bridgehead atoms. The first kappa shape index (κ1) is 32.6. The van der Waals surface area contributed by atoms with Crippen LogP contribution >= 0.6 is 0 Å². The van der Waals surface area contributed by atoms with E-state index >= 15 is 0 Å². The third kappa shape index (κ3) is 21.0. The molecule has 0 aromatic carbocycles. The van der Waals surface area contributed by atoms with Gasteiger partial charge in [0.05, 0.1) is 0 Å². The Morgan fingerprint density at radius 1 is 0.636 bits per heavy atom. The van der Waals surface area contributed by atoms with E-state index in [0.29, 0.717) is 6.42 Å². The summed E-state index contributed by atoms with van der Waals surface area (Å²) in [5, 5.41) is 33.5. The molecule has 9 heteroatoms. The number of aliphatic hydroxyl groups is 3. The first-order chi connectivity index (χ1) is 15.8. The average molecular weight is 470 g/mol. The smallest absolute Gasteiger partial charge is 0.303 e. The molecule has 0 spiro atoms. The lowest BCUT2D eigenvalue weighted by Crippen LogP contribution is -2.46. The first-order valence-corrected chi connectivity index (χ1v) is 11.3. The number of unbranched alkanes of at least 4 members (excludes halogenated alkanes) is 7. The lowest BCUT2D eigenvalue weighted by molar-refractivity contribution is -0.158. The Kier molecular flexibility index (Phi) is 23.7. The van der Waals surface area contributed by atoms with Crippen LogP contribution in [0.2, 0.25) is 0 Å². The molecule has 0 aliphatic carbocycles. The Morgan fingerprint density at radius 3 is 1.48 bits per heavy atom. The molecule has 0 aromatic rings. The van der Waals surface area contributed by atoms with Crippen molar-refractivity contribution in [2.24, 2.45) is 0 Å². The van der Waals surface area contributed by atoms with Gasteiger partial charge in [0.1, 0.15) is 19.8 Å². The molecule has 0 fully saturated rings. The van der Waals surface area contributed by atoms with Crippen molar-refractivity contribution in [1.82, 2.24) is 4.90 Å². The molecule has 0 radical (unpaired) electrons. The van der Waals surface area contributed by atoms with Crippen LogP contribution in [0.3, 0.4) is 0 Å². The van der Waals surface area contributed by atoms with Gasteiger partial charge in [-0.15, -0.1) is 0 Å². The maximum absolute atomic E-state index is 10.7. The van der Waals surface area contributed by atoms with Gasteiger partial charge in [-0.25, -0.2) is 4.90 Å². The first-order valence-electron chi connectivity index (χ1n) is 11.3. The highest BCUT2D eigenvalue weighted by molar-refractivity contribution is 6.11. The predicted octanol–water partition coefficient (Wildman–Crippen LogP) is 2.51. The van der Waals surface area contributed by atoms with Gasteiger partial charge in [0, 0.05) is 6.42 Å². The number of imide groups is 3. The zero-order valence-corrected chi connectivity index (χ0v) is 19.5. The standard InChI is InChI=1S/C18H30O2.C6H9NO6/c1-2-3-4-5-6-7-8-9-10-11-12-13-14-15-16-17-18(19)20;8-1-4(11)7(5(12)2-9)6(13)3-10/h5-10H,2-4,11-17H2,1H3,(H,19,20);8-10H,1-3H2. The van der Waals surface area contributed by atoms with Gasteiger partial charge in [-0.3, -0.25) is 19.2 Å². The van der Waals surface area contributed by atoms with Crippen LogP contribution in [0, 0.1) is 0 Å². The second kappa shape index (κ2) is 24.0. The molecule has 9 nitrogen and oxygen atoms in total. The highest BCUT2D eigenvalue weighted by Crippen LogP contribution is 2.07. The van der Waals surface area contributed by atoms with E-state index in [1.54, 1.807) is 0 Å². The molecule has 33 heavy (non-hydrogen) atoms. The average Bonchev–Trinajstić information content (AvgIpc) is 2.81. The van der Waals surface area contributed by atoms with Crippen molar-refractivity contribution in [3.63, 3.8) is 0 Å². The van der Waals surface area contributed by atoms with E-state index in [4.69, 9.17) is 20.4 Å². The minimum Gasteiger partial charge on any atom is -0.481 e. The second-order valence-electron chi connectivity index (χ2n) is 7.07. The number of hydrogen-bond donors (Lipinski definition) is 4. The number of carboxylic acids is 1. The van der Waals surface area contributed by atoms with Gasteiger partial charge in [-0.1, -0.05) is 75.5 Å². The molecule has 3 amide bonds. The molecule has 0 atom stereocenters. The number of carbonyl (C=O) groups excluding carboxylic acids is 3. The van der Waals surface area contributed by atoms with Gasteiger partial charge < -0.3 is 20.4 Å². The van der Waals surface area contributed by atoms with E-state index in [1.165, 1.54) is 32.1 Å². The van der Waals surface area contributed by atoms with Gasteiger partial charge in [-0.05, 0) is 25.7 Å². The molecule has 0 unspecified atom stereocenters. The molecule has 0 rings (SSSR count). The molecule has 0 heterocycles. The van der Waals surface area contributed by atoms with E-state index in [2.05, 4.69) is 43.4 Å². The second-order valence-corrected chi connectivity index (χ2v) is 7.07. The number of allylic oxidation sites excluding steroid dienone is 6. The monoisotopic (exact) mass is 469 g/mol. The summed E-state index contributed by atoms with van der Waals surface area (Å²) in [6.45, 7) is -0.926. The molecule has 0 aliphatic rings. The van der Waals surface area contributed by atoms with Crippen molar-refractivity contribution in [3.8, 4) is 0 Å². The number of carbonyl (C=O) groups is 4. The topological polar surface area (TPSA) is 152 Å². The van der Waals surface area contributed by atoms with Crippen molar-refractivity contribution in [3.05, 3.63) is 36.5 Å². The fourth-order valence-electron chi connectivity index (χ4n) is 2.50. The number of amides is 3. The van der Waals surface area contributed by atoms with Crippen molar-refractivity contribution >= 4 is 23.7 Å². The van der Waals surface area contributed by atoms with Crippen LogP contribution in [0.4, 0.5) is 0 Å². The van der Waals surface area contributed by atoms with Crippen molar-refractivity contribution in [2.45, 2.75) is 71.1 Å². The maximum Gasteiger partial charge on any atom is 0.303 e. The van der Waals surface area contributed by atoms with Crippen molar-refractivity contribution in [2.75, 3.05) is 19.8 Å². The van der Waals surface area contributed by atoms with Crippen LogP contribution in [0.15, 0.2) is 36.5 Å². The Bertz CT molecular complexity index is 602. The van der Waals surface area contributed by atoms with Crippen molar-refractivity contribution in [1.29, 1.82) is 0 Å². The van der Waals surface area contributed by atoms with E-state index in [0.717, 1.165) is 25.7 Å². The number of hydrogen-bond acceptors (Lipinski definition) is 7. The summed E-state index contributed by atoms with van der Waals surface area (Å²) >= 11 is 0. The number of rotatable bonds is 16. The Morgan fingerprint density at radius 2 is 1.06 bits per heavy atom. The van der Waals surface area contributed by atoms with E-state index in [-0.39, 0.29) is 4.90 Å². The van der Waals surface area contributed by atoms with Crippen molar-refractivity contribution < 1.29 is 39.6 Å². The highest BCUT2D eigenvalue weighted by atomic mass is 16.4. The molecular weight excluding hydrogens is 430 g/mol. The fraction of sp³-hybridized carbons (Fsp3) is 0.583. The number of aliphatic carboxylic acids is 1. The van der Waals surface area contributed by atoms with Crippen LogP contribution in [0.5, 0.6) is 0 Å². The third-order valence-corrected chi connectivity index (χ3v) is 4.25. The lowest BCUT2D eigenvalue weighted by atomic mass is 10.1. The number of nitrogens with zero attached hydrogens (tertiary/aromatic N) is 1. The largest absolute Gasteiger partial charge is 0.481 e. The fourth-order valence-corrected chi connectivity index (χ4v) is 2.50. The van der Waals surface area contributed by atoms with Crippen LogP contribution in [0.25, 0.3) is 0 Å². The molecule has 0 aliphatic heterocycles. The highest BCUT2D eigenvalue weighted by Gasteiger charge is 2.26. The zero-order valence-electron chi connectivity index (χ0n) is 19.5. The van der Waals surface area contributed by atoms with Gasteiger partial charge in [0.15, 0.2) is 0 Å². The summed E-state index contributed by atoms with van der Waals surface area (Å²) in [7, 11) is 0. The van der Waals surface area contributed by atoms with Crippen LogP contribution in [0.1, 0.15) is 71.1 Å². The van der Waals surface area contributed by atoms with Crippen LogP contribution in [-0.4, -0.2) is 68.8 Å². The van der Waals surface area contributed by atoms with E-state index < -0.39 is 43.5 Å². The zero-order chi connectivity index (χ0) is 25.3. The third-order valence-electron chi connectivity index (χ3n) is 4.25. The predicted molar refractivity (Wildman–Crippen MR) is 125 cm³/mol. The number of aliphatic hydroxyl groups excluding tert-OH is 3. The molecule has 4 N–H and O–H groups in total. The lowest BCUT2D eigenvalue weighted by Gasteiger charge is -2.14. The molecule has 0 saturated carbocycles.